The van der Waals surface area contributed by atoms with Gasteiger partial charge in [-0.2, -0.15) is 0 Å². The molecule has 2 nitrogen and oxygen atoms in total. The number of aldehydes is 1. The summed E-state index contributed by atoms with van der Waals surface area (Å²) in [5.41, 5.74) is 1.10. The van der Waals surface area contributed by atoms with Crippen LogP contribution in [0.3, 0.4) is 0 Å². The molecule has 0 N–H and O–H groups in total. The highest BCUT2D eigenvalue weighted by Crippen LogP contribution is 2.24. The number of carbonyl (C=O) groups excluding carboxylic acids is 1. The standard InChI is InChI=1S/C11H12FNO/c12-10-4-3-9(8-14)7-11(10)13-5-1-2-6-13/h3-4,7-8H,1-2,5-6H2. The van der Waals surface area contributed by atoms with Crippen LogP contribution in [0.25, 0.3) is 0 Å². The van der Waals surface area contributed by atoms with E-state index in [4.69, 9.17) is 0 Å². The molecule has 0 unspecified atom stereocenters. The minimum atomic E-state index is -0.238. The zero-order chi connectivity index (χ0) is 9.97. The van der Waals surface area contributed by atoms with Gasteiger partial charge in [-0.1, -0.05) is 0 Å². The molecule has 1 saturated heterocycles. The van der Waals surface area contributed by atoms with Crippen molar-refractivity contribution in [1.29, 1.82) is 0 Å². The molecule has 1 fully saturated rings. The predicted molar refractivity (Wildman–Crippen MR) is 53.2 cm³/mol. The number of hydrogen-bond donors (Lipinski definition) is 0. The fraction of sp³-hybridized carbons (Fsp3) is 0.364. The molecule has 0 aromatic heterocycles. The molecule has 0 spiro atoms. The van der Waals surface area contributed by atoms with Crippen molar-refractivity contribution < 1.29 is 9.18 Å². The van der Waals surface area contributed by atoms with E-state index in [9.17, 15) is 9.18 Å². The van der Waals surface area contributed by atoms with Crippen LogP contribution in [-0.2, 0) is 0 Å². The normalized spacial score (nSPS) is 15.9. The summed E-state index contributed by atoms with van der Waals surface area (Å²) in [7, 11) is 0. The molecule has 0 radical (unpaired) electrons. The largest absolute Gasteiger partial charge is 0.369 e. The quantitative estimate of drug-likeness (QED) is 0.671. The molecule has 3 heteroatoms. The molecule has 1 aromatic rings. The van der Waals surface area contributed by atoms with Gasteiger partial charge in [-0.3, -0.25) is 4.79 Å². The van der Waals surface area contributed by atoms with Crippen LogP contribution in [0.1, 0.15) is 23.2 Å². The summed E-state index contributed by atoms with van der Waals surface area (Å²) in [6.45, 7) is 1.78. The van der Waals surface area contributed by atoms with Gasteiger partial charge in [0.25, 0.3) is 0 Å². The molecule has 0 amide bonds. The Morgan fingerprint density at radius 1 is 1.29 bits per heavy atom. The summed E-state index contributed by atoms with van der Waals surface area (Å²) in [4.78, 5) is 12.5. The Kier molecular flexibility index (Phi) is 2.48. The van der Waals surface area contributed by atoms with Gasteiger partial charge >= 0.3 is 0 Å². The maximum Gasteiger partial charge on any atom is 0.150 e. The highest BCUT2D eigenvalue weighted by Gasteiger charge is 2.16. The predicted octanol–water partition coefficient (Wildman–Crippen LogP) is 2.24. The van der Waals surface area contributed by atoms with Crippen LogP contribution in [0.2, 0.25) is 0 Å². The fourth-order valence-corrected chi connectivity index (χ4v) is 1.80. The second-order valence-electron chi connectivity index (χ2n) is 3.52. The first-order valence-electron chi connectivity index (χ1n) is 4.81. The number of benzene rings is 1. The Morgan fingerprint density at radius 2 is 2.00 bits per heavy atom. The van der Waals surface area contributed by atoms with Gasteiger partial charge in [0.05, 0.1) is 5.69 Å². The third kappa shape index (κ3) is 1.62. The maximum atomic E-state index is 13.4. The molecule has 14 heavy (non-hydrogen) atoms. The molecule has 1 aliphatic heterocycles. The molecule has 1 heterocycles. The van der Waals surface area contributed by atoms with Crippen LogP contribution in [0, 0.1) is 5.82 Å². The molecule has 0 saturated carbocycles. The van der Waals surface area contributed by atoms with E-state index < -0.39 is 0 Å². The van der Waals surface area contributed by atoms with Crippen molar-refractivity contribution >= 4 is 12.0 Å². The van der Waals surface area contributed by atoms with Gasteiger partial charge in [-0.25, -0.2) is 4.39 Å². The molecule has 2 rings (SSSR count). The van der Waals surface area contributed by atoms with Crippen molar-refractivity contribution in [2.24, 2.45) is 0 Å². The number of rotatable bonds is 2. The van der Waals surface area contributed by atoms with E-state index in [1.165, 1.54) is 12.1 Å². The van der Waals surface area contributed by atoms with E-state index in [-0.39, 0.29) is 5.82 Å². The Labute approximate surface area is 82.3 Å². The van der Waals surface area contributed by atoms with E-state index in [2.05, 4.69) is 0 Å². The second kappa shape index (κ2) is 3.78. The Balaban J connectivity index is 2.34. The van der Waals surface area contributed by atoms with Gasteiger partial charge < -0.3 is 4.90 Å². The minimum Gasteiger partial charge on any atom is -0.369 e. The zero-order valence-corrected chi connectivity index (χ0v) is 7.87. The van der Waals surface area contributed by atoms with Crippen LogP contribution in [0.4, 0.5) is 10.1 Å². The smallest absolute Gasteiger partial charge is 0.150 e. The monoisotopic (exact) mass is 193 g/mol. The molecule has 74 valence electrons. The molecule has 1 aliphatic rings. The average molecular weight is 193 g/mol. The highest BCUT2D eigenvalue weighted by molar-refractivity contribution is 5.77. The lowest BCUT2D eigenvalue weighted by atomic mass is 10.2. The highest BCUT2D eigenvalue weighted by atomic mass is 19.1. The Morgan fingerprint density at radius 3 is 2.64 bits per heavy atom. The van der Waals surface area contributed by atoms with Gasteiger partial charge in [0.15, 0.2) is 0 Å². The first kappa shape index (κ1) is 9.19. The van der Waals surface area contributed by atoms with E-state index in [0.717, 1.165) is 32.2 Å². The van der Waals surface area contributed by atoms with Gasteiger partial charge in [0, 0.05) is 18.7 Å². The average Bonchev–Trinajstić information content (AvgIpc) is 2.71. The summed E-state index contributed by atoms with van der Waals surface area (Å²) in [5.74, 6) is -0.238. The van der Waals surface area contributed by atoms with Crippen LogP contribution in [-0.4, -0.2) is 19.4 Å². The number of halogens is 1. The molecular weight excluding hydrogens is 181 g/mol. The molecule has 0 aliphatic carbocycles. The SMILES string of the molecule is O=Cc1ccc(F)c(N2CCCC2)c1. The minimum absolute atomic E-state index is 0.238. The summed E-state index contributed by atoms with van der Waals surface area (Å²) in [5, 5.41) is 0. The maximum absolute atomic E-state index is 13.4. The lowest BCUT2D eigenvalue weighted by Gasteiger charge is -2.18. The van der Waals surface area contributed by atoms with Gasteiger partial charge in [0.1, 0.15) is 12.1 Å². The van der Waals surface area contributed by atoms with Crippen molar-refractivity contribution in [3.05, 3.63) is 29.6 Å². The van der Waals surface area contributed by atoms with E-state index in [1.807, 2.05) is 4.90 Å². The van der Waals surface area contributed by atoms with Gasteiger partial charge in [0.2, 0.25) is 0 Å². The first-order valence-corrected chi connectivity index (χ1v) is 4.81. The lowest BCUT2D eigenvalue weighted by molar-refractivity contribution is 0.112. The third-order valence-corrected chi connectivity index (χ3v) is 2.55. The molecular formula is C11H12FNO. The number of nitrogens with zero attached hydrogens (tertiary/aromatic N) is 1. The van der Waals surface area contributed by atoms with Gasteiger partial charge in [-0.05, 0) is 31.0 Å². The topological polar surface area (TPSA) is 20.3 Å². The number of carbonyl (C=O) groups is 1. The number of anilines is 1. The Hall–Kier alpha value is -1.38. The zero-order valence-electron chi connectivity index (χ0n) is 7.87. The van der Waals surface area contributed by atoms with E-state index in [0.29, 0.717) is 11.3 Å². The summed E-state index contributed by atoms with van der Waals surface area (Å²) in [6.07, 6.45) is 2.95. The van der Waals surface area contributed by atoms with E-state index in [1.54, 1.807) is 6.07 Å². The van der Waals surface area contributed by atoms with Crippen LogP contribution in [0.5, 0.6) is 0 Å². The molecule has 0 bridgehead atoms. The summed E-state index contributed by atoms with van der Waals surface area (Å²) in [6, 6.07) is 4.48. The first-order chi connectivity index (χ1) is 6.81. The van der Waals surface area contributed by atoms with Crippen LogP contribution in [0.15, 0.2) is 18.2 Å². The summed E-state index contributed by atoms with van der Waals surface area (Å²) >= 11 is 0. The fourth-order valence-electron chi connectivity index (χ4n) is 1.80. The second-order valence-corrected chi connectivity index (χ2v) is 3.52. The lowest BCUT2D eigenvalue weighted by Crippen LogP contribution is -2.19. The van der Waals surface area contributed by atoms with Crippen molar-refractivity contribution in [2.45, 2.75) is 12.8 Å². The van der Waals surface area contributed by atoms with Crippen LogP contribution < -0.4 is 4.90 Å². The van der Waals surface area contributed by atoms with Crippen molar-refractivity contribution in [3.63, 3.8) is 0 Å². The third-order valence-electron chi connectivity index (χ3n) is 2.55. The number of hydrogen-bond acceptors (Lipinski definition) is 2. The Bertz CT molecular complexity index is 345. The van der Waals surface area contributed by atoms with Crippen molar-refractivity contribution in [1.82, 2.24) is 0 Å². The molecule has 0 atom stereocenters. The van der Waals surface area contributed by atoms with E-state index >= 15 is 0 Å². The van der Waals surface area contributed by atoms with Crippen molar-refractivity contribution in [3.8, 4) is 0 Å². The molecule has 1 aromatic carbocycles. The summed E-state index contributed by atoms with van der Waals surface area (Å²) < 4.78 is 13.4. The van der Waals surface area contributed by atoms with Crippen LogP contribution >= 0.6 is 0 Å². The van der Waals surface area contributed by atoms with Gasteiger partial charge in [-0.15, -0.1) is 0 Å². The van der Waals surface area contributed by atoms with Crippen molar-refractivity contribution in [2.75, 3.05) is 18.0 Å².